The maximum Gasteiger partial charge on any atom is 0.269 e. The second-order valence-corrected chi connectivity index (χ2v) is 5.68. The lowest BCUT2D eigenvalue weighted by molar-refractivity contribution is -0.384. The Morgan fingerprint density at radius 3 is 2.50 bits per heavy atom. The molecule has 1 aromatic heterocycles. The molecule has 0 spiro atoms. The van der Waals surface area contributed by atoms with Crippen molar-refractivity contribution in [1.82, 2.24) is 10.2 Å². The van der Waals surface area contributed by atoms with Crippen LogP contribution in [0.4, 0.5) is 5.69 Å². The zero-order chi connectivity index (χ0) is 13.1. The summed E-state index contributed by atoms with van der Waals surface area (Å²) in [6, 6.07) is 5.47. The Labute approximate surface area is 110 Å². The van der Waals surface area contributed by atoms with Gasteiger partial charge in [0.2, 0.25) is 5.12 Å². The number of non-ortho nitro benzene ring substituents is 1. The van der Waals surface area contributed by atoms with Crippen LogP contribution in [0, 0.1) is 17.0 Å². The summed E-state index contributed by atoms with van der Waals surface area (Å²) in [5.41, 5.74) is 0.363. The molecule has 1 heterocycles. The third-order valence-electron chi connectivity index (χ3n) is 2.00. The van der Waals surface area contributed by atoms with Crippen LogP contribution >= 0.6 is 23.1 Å². The lowest BCUT2D eigenvalue weighted by atomic mass is 10.2. The number of carbonyl (C=O) groups excluding carboxylic acids is 1. The van der Waals surface area contributed by atoms with Gasteiger partial charge in [0.15, 0.2) is 4.34 Å². The average Bonchev–Trinajstić information content (AvgIpc) is 2.75. The number of thioether (sulfide) groups is 1. The predicted molar refractivity (Wildman–Crippen MR) is 67.9 cm³/mol. The number of carbonyl (C=O) groups is 1. The molecule has 0 N–H and O–H groups in total. The summed E-state index contributed by atoms with van der Waals surface area (Å²) in [6.45, 7) is 1.80. The number of aryl methyl sites for hydroxylation is 1. The number of nitrogens with zero attached hydrogens (tertiary/aromatic N) is 3. The van der Waals surface area contributed by atoms with Gasteiger partial charge in [-0.1, -0.05) is 11.3 Å². The van der Waals surface area contributed by atoms with Crippen molar-refractivity contribution >= 4 is 33.9 Å². The normalized spacial score (nSPS) is 10.3. The van der Waals surface area contributed by atoms with Gasteiger partial charge in [-0.25, -0.2) is 0 Å². The van der Waals surface area contributed by atoms with Crippen LogP contribution in [-0.2, 0) is 0 Å². The fourth-order valence-corrected chi connectivity index (χ4v) is 2.84. The van der Waals surface area contributed by atoms with E-state index in [-0.39, 0.29) is 10.8 Å². The van der Waals surface area contributed by atoms with Crippen molar-refractivity contribution in [3.05, 3.63) is 45.0 Å². The van der Waals surface area contributed by atoms with Gasteiger partial charge in [0.1, 0.15) is 5.01 Å². The number of rotatable bonds is 3. The summed E-state index contributed by atoms with van der Waals surface area (Å²) in [6.07, 6.45) is 0. The van der Waals surface area contributed by atoms with Crippen LogP contribution in [0.15, 0.2) is 28.6 Å². The summed E-state index contributed by atoms with van der Waals surface area (Å²) in [5.74, 6) is 0. The van der Waals surface area contributed by atoms with Gasteiger partial charge in [-0.3, -0.25) is 14.9 Å². The van der Waals surface area contributed by atoms with Gasteiger partial charge in [0.05, 0.1) is 4.92 Å². The molecular weight excluding hydrogens is 274 g/mol. The maximum absolute atomic E-state index is 11.8. The molecule has 18 heavy (non-hydrogen) atoms. The van der Waals surface area contributed by atoms with Gasteiger partial charge in [-0.2, -0.15) is 0 Å². The van der Waals surface area contributed by atoms with E-state index in [1.165, 1.54) is 35.6 Å². The van der Waals surface area contributed by atoms with Crippen molar-refractivity contribution in [3.8, 4) is 0 Å². The molecule has 8 heteroatoms. The second-order valence-electron chi connectivity index (χ2n) is 3.28. The van der Waals surface area contributed by atoms with E-state index in [0.717, 1.165) is 16.8 Å². The lowest BCUT2D eigenvalue weighted by Crippen LogP contribution is -1.94. The molecule has 0 amide bonds. The molecule has 0 unspecified atom stereocenters. The van der Waals surface area contributed by atoms with Crippen LogP contribution in [0.2, 0.25) is 0 Å². The van der Waals surface area contributed by atoms with E-state index in [1.807, 2.05) is 0 Å². The highest BCUT2D eigenvalue weighted by Gasteiger charge is 2.13. The standard InChI is InChI=1S/C10H7N3O3S2/c1-6-11-12-10(17-6)18-9(14)7-2-4-8(5-3-7)13(15)16/h2-5H,1H3. The Bertz CT molecular complexity index is 595. The van der Waals surface area contributed by atoms with Gasteiger partial charge in [0.25, 0.3) is 5.69 Å². The number of benzene rings is 1. The number of hydrogen-bond acceptors (Lipinski definition) is 7. The Hall–Kier alpha value is -1.80. The first kappa shape index (κ1) is 12.7. The van der Waals surface area contributed by atoms with E-state index in [0.29, 0.717) is 9.90 Å². The van der Waals surface area contributed by atoms with Gasteiger partial charge >= 0.3 is 0 Å². The zero-order valence-electron chi connectivity index (χ0n) is 9.19. The number of aromatic nitrogens is 2. The van der Waals surface area contributed by atoms with Crippen LogP contribution in [0.1, 0.15) is 15.4 Å². The molecule has 0 fully saturated rings. The Balaban J connectivity index is 2.11. The molecule has 2 aromatic rings. The SMILES string of the molecule is Cc1nnc(SC(=O)c2ccc([N+](=O)[O-])cc2)s1. The molecule has 0 aliphatic carbocycles. The molecule has 2 rings (SSSR count). The van der Waals surface area contributed by atoms with E-state index in [4.69, 9.17) is 0 Å². The number of nitro benzene ring substituents is 1. The van der Waals surface area contributed by atoms with E-state index < -0.39 is 4.92 Å². The van der Waals surface area contributed by atoms with Crippen molar-refractivity contribution < 1.29 is 9.72 Å². The summed E-state index contributed by atoms with van der Waals surface area (Å²) >= 11 is 2.30. The van der Waals surface area contributed by atoms with E-state index in [9.17, 15) is 14.9 Å². The molecule has 0 radical (unpaired) electrons. The third-order valence-corrected chi connectivity index (χ3v) is 3.81. The predicted octanol–water partition coefficient (Wildman–Crippen LogP) is 2.69. The van der Waals surface area contributed by atoms with Crippen LogP contribution in [-0.4, -0.2) is 20.2 Å². The highest BCUT2D eigenvalue weighted by Crippen LogP contribution is 2.26. The van der Waals surface area contributed by atoms with Crippen molar-refractivity contribution in [2.24, 2.45) is 0 Å². The molecule has 0 bridgehead atoms. The smallest absolute Gasteiger partial charge is 0.269 e. The number of hydrogen-bond donors (Lipinski definition) is 0. The summed E-state index contributed by atoms with van der Waals surface area (Å²) in [5, 5.41) is 18.7. The molecule has 0 atom stereocenters. The van der Waals surface area contributed by atoms with Crippen LogP contribution in [0.5, 0.6) is 0 Å². The van der Waals surface area contributed by atoms with E-state index in [2.05, 4.69) is 10.2 Å². The highest BCUT2D eigenvalue weighted by atomic mass is 32.2. The maximum atomic E-state index is 11.8. The van der Waals surface area contributed by atoms with Crippen LogP contribution in [0.3, 0.4) is 0 Å². The highest BCUT2D eigenvalue weighted by molar-refractivity contribution is 8.15. The minimum atomic E-state index is -0.504. The first-order valence-electron chi connectivity index (χ1n) is 4.83. The quantitative estimate of drug-likeness (QED) is 0.488. The Kier molecular flexibility index (Phi) is 3.68. The van der Waals surface area contributed by atoms with Gasteiger partial charge in [0, 0.05) is 17.7 Å². The molecule has 6 nitrogen and oxygen atoms in total. The van der Waals surface area contributed by atoms with Crippen molar-refractivity contribution in [2.75, 3.05) is 0 Å². The zero-order valence-corrected chi connectivity index (χ0v) is 10.8. The molecule has 0 saturated heterocycles. The van der Waals surface area contributed by atoms with E-state index in [1.54, 1.807) is 6.92 Å². The van der Waals surface area contributed by atoms with Crippen molar-refractivity contribution in [1.29, 1.82) is 0 Å². The Morgan fingerprint density at radius 1 is 1.33 bits per heavy atom. The van der Waals surface area contributed by atoms with Gasteiger partial charge < -0.3 is 0 Å². The monoisotopic (exact) mass is 281 g/mol. The molecule has 0 aliphatic rings. The Morgan fingerprint density at radius 2 is 2.00 bits per heavy atom. The van der Waals surface area contributed by atoms with Crippen LogP contribution < -0.4 is 0 Å². The minimum absolute atomic E-state index is 0.0386. The van der Waals surface area contributed by atoms with Gasteiger partial charge in [-0.15, -0.1) is 10.2 Å². The number of nitro groups is 1. The fourth-order valence-electron chi connectivity index (χ4n) is 1.18. The van der Waals surface area contributed by atoms with Crippen molar-refractivity contribution in [2.45, 2.75) is 11.3 Å². The molecule has 1 aromatic carbocycles. The summed E-state index contributed by atoms with van der Waals surface area (Å²) in [7, 11) is 0. The minimum Gasteiger partial charge on any atom is -0.281 e. The largest absolute Gasteiger partial charge is 0.281 e. The lowest BCUT2D eigenvalue weighted by Gasteiger charge is -1.97. The third kappa shape index (κ3) is 2.90. The molecular formula is C10H7N3O3S2. The van der Waals surface area contributed by atoms with Crippen molar-refractivity contribution in [3.63, 3.8) is 0 Å². The molecule has 92 valence electrons. The second kappa shape index (κ2) is 5.23. The van der Waals surface area contributed by atoms with Gasteiger partial charge in [-0.05, 0) is 30.8 Å². The van der Waals surface area contributed by atoms with Crippen LogP contribution in [0.25, 0.3) is 0 Å². The fraction of sp³-hybridized carbons (Fsp3) is 0.100. The molecule has 0 aliphatic heterocycles. The first-order valence-corrected chi connectivity index (χ1v) is 6.46. The summed E-state index contributed by atoms with van der Waals surface area (Å²) in [4.78, 5) is 21.8. The summed E-state index contributed by atoms with van der Waals surface area (Å²) < 4.78 is 0.566. The first-order chi connectivity index (χ1) is 8.56. The average molecular weight is 281 g/mol. The van der Waals surface area contributed by atoms with E-state index >= 15 is 0 Å². The molecule has 0 saturated carbocycles. The topological polar surface area (TPSA) is 86.0 Å².